The molecule has 88 valence electrons. The maximum Gasteiger partial charge on any atom is 0.416 e. The maximum atomic E-state index is 12.4. The molecule has 1 aromatic carbocycles. The van der Waals surface area contributed by atoms with Gasteiger partial charge in [-0.1, -0.05) is 0 Å². The fraction of sp³-hybridized carbons (Fsp3) is 0.0909. The fourth-order valence-corrected chi connectivity index (χ4v) is 1.49. The number of fused-ring (bicyclic) bond motifs is 1. The summed E-state index contributed by atoms with van der Waals surface area (Å²) in [5.74, 6) is 0. The Kier molecular flexibility index (Phi) is 2.49. The first-order valence-corrected chi connectivity index (χ1v) is 4.61. The molecule has 0 aliphatic carbocycles. The van der Waals surface area contributed by atoms with Gasteiger partial charge in [0.2, 0.25) is 0 Å². The highest BCUT2D eigenvalue weighted by Gasteiger charge is 2.30. The lowest BCUT2D eigenvalue weighted by Crippen LogP contribution is -2.12. The topological polar surface area (TPSA) is 49.9 Å². The summed E-state index contributed by atoms with van der Waals surface area (Å²) in [4.78, 5) is 24.1. The second-order valence-corrected chi connectivity index (χ2v) is 3.47. The zero-order valence-corrected chi connectivity index (χ0v) is 8.34. The van der Waals surface area contributed by atoms with Gasteiger partial charge in [-0.25, -0.2) is 0 Å². The zero-order chi connectivity index (χ0) is 12.6. The quantitative estimate of drug-likeness (QED) is 0.779. The summed E-state index contributed by atoms with van der Waals surface area (Å²) in [5, 5.41) is 0.168. The summed E-state index contributed by atoms with van der Waals surface area (Å²) < 4.78 is 37.3. The molecular formula is C11H6F3NO2. The van der Waals surface area contributed by atoms with Crippen molar-refractivity contribution in [3.63, 3.8) is 0 Å². The summed E-state index contributed by atoms with van der Waals surface area (Å²) >= 11 is 0. The van der Waals surface area contributed by atoms with E-state index in [0.717, 1.165) is 24.3 Å². The van der Waals surface area contributed by atoms with Crippen molar-refractivity contribution in [3.05, 3.63) is 45.7 Å². The number of carbonyl (C=O) groups is 1. The normalized spacial score (nSPS) is 11.7. The van der Waals surface area contributed by atoms with Crippen LogP contribution in [0.3, 0.4) is 0 Å². The molecule has 17 heavy (non-hydrogen) atoms. The van der Waals surface area contributed by atoms with E-state index >= 15 is 0 Å². The molecule has 1 aromatic heterocycles. The van der Waals surface area contributed by atoms with Gasteiger partial charge in [-0.2, -0.15) is 13.2 Å². The number of pyridine rings is 1. The third-order valence-corrected chi connectivity index (χ3v) is 2.33. The van der Waals surface area contributed by atoms with E-state index in [4.69, 9.17) is 0 Å². The molecule has 0 saturated heterocycles. The lowest BCUT2D eigenvalue weighted by molar-refractivity contribution is -0.137. The average Bonchev–Trinajstić information content (AvgIpc) is 2.26. The molecule has 0 aliphatic heterocycles. The fourth-order valence-electron chi connectivity index (χ4n) is 1.49. The first-order valence-electron chi connectivity index (χ1n) is 4.61. The van der Waals surface area contributed by atoms with Crippen LogP contribution in [0.5, 0.6) is 0 Å². The smallest absolute Gasteiger partial charge is 0.321 e. The molecule has 6 heteroatoms. The first kappa shape index (κ1) is 11.4. The third kappa shape index (κ3) is 2.06. The molecule has 2 aromatic rings. The highest BCUT2D eigenvalue weighted by Crippen LogP contribution is 2.30. The summed E-state index contributed by atoms with van der Waals surface area (Å²) in [5.41, 5.74) is -1.38. The molecular weight excluding hydrogens is 235 g/mol. The zero-order valence-electron chi connectivity index (χ0n) is 8.34. The van der Waals surface area contributed by atoms with Gasteiger partial charge in [0, 0.05) is 5.52 Å². The number of hydrogen-bond acceptors (Lipinski definition) is 2. The van der Waals surface area contributed by atoms with Crippen molar-refractivity contribution in [1.82, 2.24) is 4.98 Å². The van der Waals surface area contributed by atoms with Crippen molar-refractivity contribution < 1.29 is 18.0 Å². The van der Waals surface area contributed by atoms with Gasteiger partial charge in [-0.15, -0.1) is 0 Å². The molecule has 0 bridgehead atoms. The van der Waals surface area contributed by atoms with Crippen LogP contribution in [-0.2, 0) is 6.18 Å². The third-order valence-electron chi connectivity index (χ3n) is 2.33. The molecule has 2 rings (SSSR count). The van der Waals surface area contributed by atoms with E-state index in [9.17, 15) is 22.8 Å². The standard InChI is InChI=1S/C11H6F3NO2/c12-11(13,14)8-1-2-9-6(4-8)3-7(5-16)10(17)15-9/h1-5H,(H,15,17). The van der Waals surface area contributed by atoms with Gasteiger partial charge in [-0.3, -0.25) is 9.59 Å². The Bertz CT molecular complexity index is 643. The minimum atomic E-state index is -4.45. The summed E-state index contributed by atoms with van der Waals surface area (Å²) in [6.07, 6.45) is -4.15. The van der Waals surface area contributed by atoms with Gasteiger partial charge >= 0.3 is 6.18 Å². The van der Waals surface area contributed by atoms with Crippen LogP contribution < -0.4 is 5.56 Å². The van der Waals surface area contributed by atoms with Crippen molar-refractivity contribution in [2.24, 2.45) is 0 Å². The number of hydrogen-bond donors (Lipinski definition) is 1. The van der Waals surface area contributed by atoms with Crippen molar-refractivity contribution in [2.45, 2.75) is 6.18 Å². The Morgan fingerprint density at radius 1 is 1.18 bits per heavy atom. The monoisotopic (exact) mass is 241 g/mol. The summed E-state index contributed by atoms with van der Waals surface area (Å²) in [7, 11) is 0. The second kappa shape index (κ2) is 3.73. The average molecular weight is 241 g/mol. The lowest BCUT2D eigenvalue weighted by Gasteiger charge is -2.07. The number of carbonyl (C=O) groups excluding carboxylic acids is 1. The Morgan fingerprint density at radius 2 is 1.88 bits per heavy atom. The van der Waals surface area contributed by atoms with Gasteiger partial charge in [-0.05, 0) is 29.7 Å². The molecule has 0 fully saturated rings. The Hall–Kier alpha value is -2.11. The predicted octanol–water partition coefficient (Wildman–Crippen LogP) is 2.36. The first-order chi connectivity index (χ1) is 7.91. The van der Waals surface area contributed by atoms with Crippen LogP contribution in [0.4, 0.5) is 13.2 Å². The Balaban J connectivity index is 2.73. The summed E-state index contributed by atoms with van der Waals surface area (Å²) in [6.45, 7) is 0. The minimum Gasteiger partial charge on any atom is -0.321 e. The van der Waals surface area contributed by atoms with Crippen LogP contribution >= 0.6 is 0 Å². The molecule has 0 saturated carbocycles. The van der Waals surface area contributed by atoms with Crippen LogP contribution in [0.2, 0.25) is 0 Å². The number of aldehydes is 1. The SMILES string of the molecule is O=Cc1cc2cc(C(F)(F)F)ccc2[nH]c1=O. The van der Waals surface area contributed by atoms with E-state index in [1.807, 2.05) is 0 Å². The van der Waals surface area contributed by atoms with Crippen LogP contribution in [0.1, 0.15) is 15.9 Å². The Morgan fingerprint density at radius 3 is 2.47 bits per heavy atom. The molecule has 0 amide bonds. The van der Waals surface area contributed by atoms with E-state index in [1.165, 1.54) is 0 Å². The van der Waals surface area contributed by atoms with Gasteiger partial charge < -0.3 is 4.98 Å². The van der Waals surface area contributed by atoms with Gasteiger partial charge in [0.1, 0.15) is 0 Å². The van der Waals surface area contributed by atoms with Crippen molar-refractivity contribution in [3.8, 4) is 0 Å². The van der Waals surface area contributed by atoms with E-state index < -0.39 is 17.3 Å². The van der Waals surface area contributed by atoms with Crippen molar-refractivity contribution in [2.75, 3.05) is 0 Å². The van der Waals surface area contributed by atoms with E-state index in [-0.39, 0.29) is 16.5 Å². The van der Waals surface area contributed by atoms with E-state index in [1.54, 1.807) is 0 Å². The largest absolute Gasteiger partial charge is 0.416 e. The number of H-pyrrole nitrogens is 1. The molecule has 0 unspecified atom stereocenters. The number of halogens is 3. The van der Waals surface area contributed by atoms with Crippen molar-refractivity contribution in [1.29, 1.82) is 0 Å². The molecule has 0 atom stereocenters. The van der Waals surface area contributed by atoms with Crippen molar-refractivity contribution >= 4 is 17.2 Å². The van der Waals surface area contributed by atoms with Crippen LogP contribution in [0, 0.1) is 0 Å². The molecule has 1 N–H and O–H groups in total. The molecule has 0 aliphatic rings. The highest BCUT2D eigenvalue weighted by molar-refractivity contribution is 5.86. The van der Waals surface area contributed by atoms with E-state index in [2.05, 4.69) is 4.98 Å². The Labute approximate surface area is 92.9 Å². The van der Waals surface area contributed by atoms with Crippen LogP contribution in [-0.4, -0.2) is 11.3 Å². The molecule has 1 heterocycles. The molecule has 3 nitrogen and oxygen atoms in total. The van der Waals surface area contributed by atoms with Crippen LogP contribution in [0.25, 0.3) is 10.9 Å². The highest BCUT2D eigenvalue weighted by atomic mass is 19.4. The number of aromatic nitrogens is 1. The number of rotatable bonds is 1. The van der Waals surface area contributed by atoms with Gasteiger partial charge in [0.15, 0.2) is 6.29 Å². The molecule has 0 radical (unpaired) electrons. The number of benzene rings is 1. The van der Waals surface area contributed by atoms with Gasteiger partial charge in [0.05, 0.1) is 11.1 Å². The predicted molar refractivity (Wildman–Crippen MR) is 55.0 cm³/mol. The minimum absolute atomic E-state index is 0.168. The maximum absolute atomic E-state index is 12.4. The van der Waals surface area contributed by atoms with Gasteiger partial charge in [0.25, 0.3) is 5.56 Å². The van der Waals surface area contributed by atoms with Crippen LogP contribution in [0.15, 0.2) is 29.1 Å². The van der Waals surface area contributed by atoms with E-state index in [0.29, 0.717) is 6.29 Å². The molecule has 0 spiro atoms. The summed E-state index contributed by atoms with van der Waals surface area (Å²) in [6, 6.07) is 4.06. The second-order valence-electron chi connectivity index (χ2n) is 3.47. The lowest BCUT2D eigenvalue weighted by atomic mass is 10.1. The number of aromatic amines is 1. The number of alkyl halides is 3. The number of nitrogens with one attached hydrogen (secondary N) is 1.